The zero-order chi connectivity index (χ0) is 9.11. The van der Waals surface area contributed by atoms with Gasteiger partial charge in [-0.25, -0.2) is 0 Å². The van der Waals surface area contributed by atoms with Gasteiger partial charge in [-0.05, 0) is 6.92 Å². The molecule has 0 saturated heterocycles. The maximum atomic E-state index is 10.5. The quantitative estimate of drug-likeness (QED) is 0.447. The number of carbonyl (C=O) groups excluding carboxylic acids is 1. The van der Waals surface area contributed by atoms with Crippen LogP contribution in [0, 0.1) is 6.42 Å². The van der Waals surface area contributed by atoms with Crippen LogP contribution >= 0.6 is 13.6 Å². The predicted octanol–water partition coefficient (Wildman–Crippen LogP) is 2.40. The van der Waals surface area contributed by atoms with Gasteiger partial charge in [-0.15, -0.1) is 0 Å². The van der Waals surface area contributed by atoms with Crippen LogP contribution in [0.15, 0.2) is 0 Å². The molecule has 11 heavy (non-hydrogen) atoms. The van der Waals surface area contributed by atoms with Crippen molar-refractivity contribution in [3.8, 4) is 0 Å². The zero-order valence-corrected chi connectivity index (χ0v) is 11.7. The number of halogens is 1. The molecule has 0 fully saturated rings. The Bertz CT molecular complexity index is 88.5. The van der Waals surface area contributed by atoms with Crippen molar-refractivity contribution >= 4 is 19.6 Å². The molecule has 0 radical (unpaired) electrons. The number of hydrogen-bond donors (Lipinski definition) is 0. The van der Waals surface area contributed by atoms with Gasteiger partial charge in [-0.1, -0.05) is 13.3 Å². The van der Waals surface area contributed by atoms with Gasteiger partial charge in [0.25, 0.3) is 0 Å². The van der Waals surface area contributed by atoms with E-state index in [1.807, 2.05) is 6.92 Å². The monoisotopic (exact) mass is 272 g/mol. The van der Waals surface area contributed by atoms with Crippen LogP contribution in [-0.2, 0) is 25.9 Å². The van der Waals surface area contributed by atoms with E-state index in [2.05, 4.69) is 18.4 Å². The summed E-state index contributed by atoms with van der Waals surface area (Å²) in [6, 6.07) is 0. The second-order valence-electron chi connectivity index (χ2n) is 1.74. The van der Waals surface area contributed by atoms with Crippen molar-refractivity contribution in [2.45, 2.75) is 26.7 Å². The van der Waals surface area contributed by atoms with Gasteiger partial charge in [0, 0.05) is 0 Å². The average molecular weight is 274 g/mol. The first kappa shape index (κ1) is 14.0. The van der Waals surface area contributed by atoms with Gasteiger partial charge in [0.05, 0.1) is 6.61 Å². The van der Waals surface area contributed by atoms with E-state index in [-0.39, 0.29) is 5.97 Å². The van der Waals surface area contributed by atoms with E-state index in [9.17, 15) is 4.79 Å². The Hall–Kier alpha value is 0.443. The molecule has 0 unspecified atom stereocenters. The van der Waals surface area contributed by atoms with Gasteiger partial charge in [-0.2, -0.15) is 6.42 Å². The molecule has 0 aromatic carbocycles. The summed E-state index contributed by atoms with van der Waals surface area (Å²) in [4.78, 5) is 10.5. The van der Waals surface area contributed by atoms with Crippen molar-refractivity contribution < 1.29 is 25.9 Å². The van der Waals surface area contributed by atoms with Crippen LogP contribution in [0.2, 0.25) is 0 Å². The van der Waals surface area contributed by atoms with E-state index in [0.29, 0.717) is 6.61 Å². The van der Waals surface area contributed by atoms with Crippen molar-refractivity contribution in [3.63, 3.8) is 0 Å². The molecule has 0 spiro atoms. The van der Waals surface area contributed by atoms with Crippen LogP contribution in [0.5, 0.6) is 0 Å². The number of hydrogen-bond acceptors (Lipinski definition) is 2. The zero-order valence-electron chi connectivity index (χ0n) is 7.10. The third kappa shape index (κ3) is 13.4. The Balaban J connectivity index is 0. The van der Waals surface area contributed by atoms with Gasteiger partial charge in [-0.3, -0.25) is 11.2 Å². The van der Waals surface area contributed by atoms with E-state index in [4.69, 9.17) is 0 Å². The Morgan fingerprint density at radius 3 is 2.45 bits per heavy atom. The number of carbonyl (C=O) groups is 1. The molecule has 0 aliphatic rings. The average Bonchev–Trinajstić information content (AvgIpc) is 2.05. The minimum atomic E-state index is -0.195. The van der Waals surface area contributed by atoms with Crippen LogP contribution in [0.25, 0.3) is 0 Å². The van der Waals surface area contributed by atoms with Crippen molar-refractivity contribution in [1.29, 1.82) is 0 Å². The van der Waals surface area contributed by atoms with Gasteiger partial charge >= 0.3 is 30.0 Å². The Morgan fingerprint density at radius 2 is 2.09 bits per heavy atom. The predicted molar refractivity (Wildman–Crippen MR) is 44.8 cm³/mol. The molecule has 0 atom stereocenters. The van der Waals surface area contributed by atoms with Gasteiger partial charge in [0.15, 0.2) is 5.97 Å². The van der Waals surface area contributed by atoms with Gasteiger partial charge < -0.3 is 4.74 Å². The number of rotatable bonds is 4. The topological polar surface area (TPSA) is 26.3 Å². The summed E-state index contributed by atoms with van der Waals surface area (Å²) in [5, 5.41) is 0. The standard InChI is InChI=1S/C7H13O2.BrH.Zn/c1-3-5-6-7(8)9-4-2;;/h6H,3-5H2,1-2H3;1H;/q-1;;+2/p-1. The molecule has 0 aliphatic heterocycles. The summed E-state index contributed by atoms with van der Waals surface area (Å²) >= 11 is 4.25. The summed E-state index contributed by atoms with van der Waals surface area (Å²) in [5.74, 6) is -0.195. The summed E-state index contributed by atoms with van der Waals surface area (Å²) in [7, 11) is 0. The molecule has 0 saturated carbocycles. The van der Waals surface area contributed by atoms with E-state index < -0.39 is 0 Å². The molecule has 2 nitrogen and oxygen atoms in total. The molecule has 0 amide bonds. The van der Waals surface area contributed by atoms with E-state index in [1.165, 1.54) is 16.3 Å². The van der Waals surface area contributed by atoms with E-state index in [1.54, 1.807) is 13.3 Å². The fraction of sp³-hybridized carbons (Fsp3) is 0.714. The molecule has 0 aromatic heterocycles. The number of esters is 1. The van der Waals surface area contributed by atoms with Crippen molar-refractivity contribution in [2.24, 2.45) is 0 Å². The van der Waals surface area contributed by atoms with Gasteiger partial charge in [0.1, 0.15) is 0 Å². The first-order valence-corrected chi connectivity index (χ1v) is 10.5. The summed E-state index contributed by atoms with van der Waals surface area (Å²) in [6.45, 7) is 4.30. The minimum absolute atomic E-state index is 0.195. The van der Waals surface area contributed by atoms with Crippen LogP contribution < -0.4 is 0 Å². The van der Waals surface area contributed by atoms with Crippen LogP contribution in [0.1, 0.15) is 26.7 Å². The molecule has 4 heteroatoms. The summed E-state index contributed by atoms with van der Waals surface area (Å²) in [6.07, 6.45) is 3.39. The first-order valence-electron chi connectivity index (χ1n) is 3.58. The molecule has 0 bridgehead atoms. The second-order valence-corrected chi connectivity index (χ2v) is 1.74. The second kappa shape index (κ2) is 13.1. The van der Waals surface area contributed by atoms with Gasteiger partial charge in [0.2, 0.25) is 0 Å². The summed E-state index contributed by atoms with van der Waals surface area (Å²) < 4.78 is 4.65. The number of unbranched alkanes of at least 4 members (excludes halogenated alkanes) is 1. The molecule has 0 N–H and O–H groups in total. The van der Waals surface area contributed by atoms with Crippen LogP contribution in [-0.4, -0.2) is 12.6 Å². The first-order chi connectivity index (χ1) is 5.31. The fourth-order valence-corrected chi connectivity index (χ4v) is 0.463. The molecular formula is C7H13BrO2Zn. The SMILES string of the molecule is CCC[CH-]C(=O)OCC.[Zn+][Br]. The third-order valence-corrected chi connectivity index (χ3v) is 0.886. The van der Waals surface area contributed by atoms with Crippen molar-refractivity contribution in [3.05, 3.63) is 6.42 Å². The summed E-state index contributed by atoms with van der Waals surface area (Å²) in [5.41, 5.74) is 0. The molecule has 62 valence electrons. The molecule has 0 aliphatic carbocycles. The fourth-order valence-electron chi connectivity index (χ4n) is 0.463. The molecule has 0 aromatic rings. The number of ether oxygens (including phenoxy) is 1. The van der Waals surface area contributed by atoms with E-state index in [0.717, 1.165) is 12.8 Å². The van der Waals surface area contributed by atoms with E-state index >= 15 is 0 Å². The maximum absolute atomic E-state index is 10.5. The van der Waals surface area contributed by atoms with Crippen LogP contribution in [0.3, 0.4) is 0 Å². The van der Waals surface area contributed by atoms with Crippen molar-refractivity contribution in [1.82, 2.24) is 0 Å². The molecule has 0 rings (SSSR count). The Morgan fingerprint density at radius 1 is 1.55 bits per heavy atom. The van der Waals surface area contributed by atoms with Crippen molar-refractivity contribution in [2.75, 3.05) is 6.61 Å². The Kier molecular flexibility index (Phi) is 16.6. The Labute approximate surface area is 85.1 Å². The molecular weight excluding hydrogens is 261 g/mol. The normalized spacial score (nSPS) is 7.73. The molecule has 0 heterocycles. The third-order valence-electron chi connectivity index (χ3n) is 0.886. The van der Waals surface area contributed by atoms with Crippen LogP contribution in [0.4, 0.5) is 0 Å².